The third kappa shape index (κ3) is 2.09. The van der Waals surface area contributed by atoms with Gasteiger partial charge in [0.15, 0.2) is 0 Å². The number of Topliss-reactive ketones (excluding diaryl/α,β-unsaturated/α-hetero) is 1. The van der Waals surface area contributed by atoms with E-state index < -0.39 is 17.1 Å². The van der Waals surface area contributed by atoms with Gasteiger partial charge in [-0.05, 0) is 0 Å². The first-order valence-corrected chi connectivity index (χ1v) is 3.59. The van der Waals surface area contributed by atoms with Crippen LogP contribution in [-0.2, 0) is 0 Å². The minimum Gasteiger partial charge on any atom is -0.288 e. The van der Waals surface area contributed by atoms with Gasteiger partial charge in [-0.2, -0.15) is 0 Å². The molecule has 0 radical (unpaired) electrons. The van der Waals surface area contributed by atoms with E-state index in [2.05, 4.69) is 0 Å². The number of nitro groups is 1. The maximum Gasteiger partial charge on any atom is 0.300 e. The lowest BCUT2D eigenvalue weighted by Crippen LogP contribution is -2.10. The van der Waals surface area contributed by atoms with E-state index in [4.69, 9.17) is 0 Å². The Labute approximate surface area is 77.3 Å². The predicted octanol–water partition coefficient (Wildman–Crippen LogP) is 2.04. The van der Waals surface area contributed by atoms with Crippen LogP contribution in [0.5, 0.6) is 0 Å². The Bertz CT molecular complexity index is 379. The van der Waals surface area contributed by atoms with Crippen molar-refractivity contribution >= 4 is 11.5 Å². The highest BCUT2D eigenvalue weighted by Crippen LogP contribution is 2.15. The molecule has 1 rings (SSSR count). The second-order valence-corrected chi connectivity index (χ2v) is 2.47. The van der Waals surface area contributed by atoms with Crippen molar-refractivity contribution in [2.24, 2.45) is 0 Å². The molecule has 0 amide bonds. The molecule has 0 fully saturated rings. The van der Waals surface area contributed by atoms with Crippen LogP contribution in [0.1, 0.15) is 10.4 Å². The van der Waals surface area contributed by atoms with E-state index in [9.17, 15) is 23.7 Å². The summed E-state index contributed by atoms with van der Waals surface area (Å²) in [6.45, 7) is 0. The van der Waals surface area contributed by atoms with Gasteiger partial charge in [0, 0.05) is 17.7 Å². The highest BCUT2D eigenvalue weighted by molar-refractivity contribution is 5.98. The van der Waals surface area contributed by atoms with Gasteiger partial charge in [0.05, 0.1) is 4.92 Å². The van der Waals surface area contributed by atoms with Crippen LogP contribution in [0.25, 0.3) is 0 Å². The van der Waals surface area contributed by atoms with E-state index in [1.165, 1.54) is 6.07 Å². The van der Waals surface area contributed by atoms with E-state index in [1.54, 1.807) is 0 Å². The Morgan fingerprint density at radius 3 is 2.57 bits per heavy atom. The van der Waals surface area contributed by atoms with E-state index in [1.807, 2.05) is 0 Å². The molecule has 0 bridgehead atoms. The molecule has 1 aromatic rings. The Morgan fingerprint density at radius 1 is 1.43 bits per heavy atom. The predicted molar refractivity (Wildman–Crippen MR) is 43.4 cm³/mol. The van der Waals surface area contributed by atoms with Gasteiger partial charge in [-0.25, -0.2) is 8.78 Å². The SMILES string of the molecule is O=C(c1cccc([N+](=O)[O-])c1)C(F)F. The molecule has 1 aromatic carbocycles. The molecule has 6 heteroatoms. The number of carbonyl (C=O) groups is 1. The number of rotatable bonds is 3. The summed E-state index contributed by atoms with van der Waals surface area (Å²) in [5, 5.41) is 10.3. The van der Waals surface area contributed by atoms with Crippen LogP contribution in [0.3, 0.4) is 0 Å². The van der Waals surface area contributed by atoms with E-state index >= 15 is 0 Å². The Balaban J connectivity index is 3.06. The van der Waals surface area contributed by atoms with Crippen LogP contribution >= 0.6 is 0 Å². The first-order valence-electron chi connectivity index (χ1n) is 3.59. The summed E-state index contributed by atoms with van der Waals surface area (Å²) in [6.07, 6.45) is -3.14. The van der Waals surface area contributed by atoms with Gasteiger partial charge in [-0.3, -0.25) is 14.9 Å². The summed E-state index contributed by atoms with van der Waals surface area (Å²) in [5.41, 5.74) is -0.731. The number of benzene rings is 1. The first kappa shape index (κ1) is 10.2. The molecule has 0 aromatic heterocycles. The number of hydrogen-bond acceptors (Lipinski definition) is 3. The van der Waals surface area contributed by atoms with E-state index in [0.29, 0.717) is 0 Å². The number of nitrogens with zero attached hydrogens (tertiary/aromatic N) is 1. The zero-order valence-corrected chi connectivity index (χ0v) is 6.81. The van der Waals surface area contributed by atoms with E-state index in [-0.39, 0.29) is 11.3 Å². The van der Waals surface area contributed by atoms with Crippen molar-refractivity contribution in [2.45, 2.75) is 6.43 Å². The number of hydrogen-bond donors (Lipinski definition) is 0. The maximum absolute atomic E-state index is 11.9. The third-order valence-corrected chi connectivity index (χ3v) is 1.54. The normalized spacial score (nSPS) is 10.2. The largest absolute Gasteiger partial charge is 0.300 e. The molecular weight excluding hydrogens is 196 g/mol. The highest BCUT2D eigenvalue weighted by atomic mass is 19.3. The fraction of sp³-hybridized carbons (Fsp3) is 0.125. The fourth-order valence-corrected chi connectivity index (χ4v) is 0.899. The van der Waals surface area contributed by atoms with Crippen LogP contribution in [0, 0.1) is 10.1 Å². The number of non-ortho nitro benzene ring substituents is 1. The topological polar surface area (TPSA) is 60.2 Å². The summed E-state index contributed by atoms with van der Waals surface area (Å²) in [6, 6.07) is 4.26. The van der Waals surface area contributed by atoms with Gasteiger partial charge in [0.25, 0.3) is 5.69 Å². The second-order valence-electron chi connectivity index (χ2n) is 2.47. The monoisotopic (exact) mass is 201 g/mol. The number of halogens is 2. The van der Waals surface area contributed by atoms with E-state index in [0.717, 1.165) is 18.2 Å². The first-order chi connectivity index (χ1) is 6.52. The van der Waals surface area contributed by atoms with Gasteiger partial charge in [-0.1, -0.05) is 12.1 Å². The van der Waals surface area contributed by atoms with Gasteiger partial charge < -0.3 is 0 Å². The molecular formula is C8H5F2NO3. The zero-order chi connectivity index (χ0) is 10.7. The average Bonchev–Trinajstić information content (AvgIpc) is 2.16. The van der Waals surface area contributed by atoms with Crippen LogP contribution in [-0.4, -0.2) is 17.1 Å². The molecule has 74 valence electrons. The molecule has 0 aliphatic rings. The lowest BCUT2D eigenvalue weighted by atomic mass is 10.1. The van der Waals surface area contributed by atoms with Crippen LogP contribution in [0.4, 0.5) is 14.5 Å². The highest BCUT2D eigenvalue weighted by Gasteiger charge is 2.19. The molecule has 0 heterocycles. The average molecular weight is 201 g/mol. The minimum absolute atomic E-state index is 0.353. The summed E-state index contributed by atoms with van der Waals surface area (Å²) >= 11 is 0. The van der Waals surface area contributed by atoms with Crippen LogP contribution in [0.2, 0.25) is 0 Å². The van der Waals surface area contributed by atoms with Crippen molar-refractivity contribution in [3.63, 3.8) is 0 Å². The number of alkyl halides is 2. The summed E-state index contributed by atoms with van der Waals surface area (Å²) in [4.78, 5) is 20.3. The van der Waals surface area contributed by atoms with Crippen molar-refractivity contribution in [1.82, 2.24) is 0 Å². The smallest absolute Gasteiger partial charge is 0.288 e. The van der Waals surface area contributed by atoms with Crippen LogP contribution < -0.4 is 0 Å². The third-order valence-electron chi connectivity index (χ3n) is 1.54. The number of ketones is 1. The number of carbonyl (C=O) groups excluding carboxylic acids is 1. The van der Waals surface area contributed by atoms with Crippen molar-refractivity contribution in [2.75, 3.05) is 0 Å². The summed E-state index contributed by atoms with van der Waals surface area (Å²) in [5.74, 6) is -1.41. The molecule has 0 saturated carbocycles. The zero-order valence-electron chi connectivity index (χ0n) is 6.81. The molecule has 0 spiro atoms. The fourth-order valence-electron chi connectivity index (χ4n) is 0.899. The Hall–Kier alpha value is -1.85. The molecule has 0 atom stereocenters. The van der Waals surface area contributed by atoms with Crippen molar-refractivity contribution in [1.29, 1.82) is 0 Å². The standard InChI is InChI=1S/C8H5F2NO3/c9-8(10)7(12)5-2-1-3-6(4-5)11(13)14/h1-4,8H. The van der Waals surface area contributed by atoms with Gasteiger partial charge in [-0.15, -0.1) is 0 Å². The van der Waals surface area contributed by atoms with Crippen molar-refractivity contribution in [3.8, 4) is 0 Å². The lowest BCUT2D eigenvalue weighted by molar-refractivity contribution is -0.384. The van der Waals surface area contributed by atoms with Crippen molar-refractivity contribution < 1.29 is 18.5 Å². The summed E-state index contributed by atoms with van der Waals surface area (Å²) < 4.78 is 23.9. The molecule has 0 N–H and O–H groups in total. The Morgan fingerprint density at radius 2 is 2.07 bits per heavy atom. The van der Waals surface area contributed by atoms with Crippen LogP contribution in [0.15, 0.2) is 24.3 Å². The molecule has 14 heavy (non-hydrogen) atoms. The van der Waals surface area contributed by atoms with Gasteiger partial charge >= 0.3 is 6.43 Å². The molecule has 0 aliphatic heterocycles. The maximum atomic E-state index is 11.9. The summed E-state index contributed by atoms with van der Waals surface area (Å²) in [7, 11) is 0. The second kappa shape index (κ2) is 3.91. The molecule has 4 nitrogen and oxygen atoms in total. The molecule has 0 aliphatic carbocycles. The minimum atomic E-state index is -3.14. The number of nitro benzene ring substituents is 1. The molecule has 0 saturated heterocycles. The van der Waals surface area contributed by atoms with Gasteiger partial charge in [0.2, 0.25) is 5.78 Å². The van der Waals surface area contributed by atoms with Gasteiger partial charge in [0.1, 0.15) is 0 Å². The Kier molecular flexibility index (Phi) is 2.85. The quantitative estimate of drug-likeness (QED) is 0.427. The molecule has 0 unspecified atom stereocenters. The lowest BCUT2D eigenvalue weighted by Gasteiger charge is -1.98. The van der Waals surface area contributed by atoms with Crippen molar-refractivity contribution in [3.05, 3.63) is 39.9 Å².